The van der Waals surface area contributed by atoms with E-state index in [0.717, 1.165) is 62.8 Å². The van der Waals surface area contributed by atoms with Crippen LogP contribution in [0.25, 0.3) is 0 Å². The Morgan fingerprint density at radius 2 is 1.85 bits per heavy atom. The van der Waals surface area contributed by atoms with Crippen molar-refractivity contribution in [1.29, 1.82) is 0 Å². The van der Waals surface area contributed by atoms with Crippen LogP contribution < -0.4 is 4.90 Å². The summed E-state index contributed by atoms with van der Waals surface area (Å²) >= 11 is 0. The Labute approximate surface area is 155 Å². The average molecular weight is 372 g/mol. The van der Waals surface area contributed by atoms with E-state index in [0.29, 0.717) is 12.2 Å². The molecule has 2 aliphatic rings. The van der Waals surface area contributed by atoms with Gasteiger partial charge < -0.3 is 9.47 Å². The second-order valence-corrected chi connectivity index (χ2v) is 6.98. The van der Waals surface area contributed by atoms with Crippen molar-refractivity contribution in [2.24, 2.45) is 0 Å². The lowest BCUT2D eigenvalue weighted by atomic mass is 10.1. The first-order valence-electron chi connectivity index (χ1n) is 9.17. The third-order valence-electron chi connectivity index (χ3n) is 5.36. The van der Waals surface area contributed by atoms with E-state index in [1.54, 1.807) is 0 Å². The summed E-state index contributed by atoms with van der Waals surface area (Å²) in [6.07, 6.45) is 5.93. The predicted molar refractivity (Wildman–Crippen MR) is 96.6 cm³/mol. The van der Waals surface area contributed by atoms with Crippen molar-refractivity contribution in [2.75, 3.05) is 11.4 Å². The zero-order chi connectivity index (χ0) is 19.0. The lowest BCUT2D eigenvalue weighted by molar-refractivity contribution is -0.393. The van der Waals surface area contributed by atoms with Crippen molar-refractivity contribution in [3.63, 3.8) is 0 Å². The molecule has 2 aliphatic heterocycles. The number of nitro benzene ring substituents is 2. The van der Waals surface area contributed by atoms with Gasteiger partial charge in [-0.05, 0) is 31.7 Å². The third kappa shape index (κ3) is 3.11. The zero-order valence-corrected chi connectivity index (χ0v) is 14.8. The fraction of sp³-hybridized carbons (Fsp3) is 0.529. The molecule has 1 aromatic heterocycles. The molecule has 1 saturated heterocycles. The first kappa shape index (κ1) is 17.4. The number of hydrogen-bond donors (Lipinski definition) is 0. The molecule has 142 valence electrons. The van der Waals surface area contributed by atoms with Gasteiger partial charge in [0.05, 0.1) is 22.0 Å². The van der Waals surface area contributed by atoms with Gasteiger partial charge in [-0.3, -0.25) is 20.2 Å². The number of aryl methyl sites for hydroxylation is 1. The number of nitro groups is 2. The van der Waals surface area contributed by atoms with Crippen LogP contribution in [-0.4, -0.2) is 31.2 Å². The topological polar surface area (TPSA) is 120 Å². The minimum Gasteiger partial charge on any atom is -0.356 e. The van der Waals surface area contributed by atoms with E-state index in [1.807, 2.05) is 4.90 Å². The van der Waals surface area contributed by atoms with Gasteiger partial charge in [0.15, 0.2) is 5.82 Å². The first-order chi connectivity index (χ1) is 13.1. The summed E-state index contributed by atoms with van der Waals surface area (Å²) < 4.78 is 2.16. The maximum atomic E-state index is 11.5. The molecule has 27 heavy (non-hydrogen) atoms. The van der Waals surface area contributed by atoms with Gasteiger partial charge >= 0.3 is 0 Å². The molecule has 1 fully saturated rings. The SMILES string of the molecule is O=[N+]([O-])c1ccc(N2CCCC2c2nnc3n2CCCCC3)c([N+](=O)[O-])c1. The Bertz CT molecular complexity index is 896. The molecule has 1 unspecified atom stereocenters. The van der Waals surface area contributed by atoms with E-state index in [1.165, 1.54) is 12.1 Å². The second kappa shape index (κ2) is 6.93. The minimum absolute atomic E-state index is 0.107. The van der Waals surface area contributed by atoms with Gasteiger partial charge in [-0.15, -0.1) is 10.2 Å². The predicted octanol–water partition coefficient (Wildman–Crippen LogP) is 3.16. The summed E-state index contributed by atoms with van der Waals surface area (Å²) in [5.74, 6) is 1.82. The van der Waals surface area contributed by atoms with E-state index < -0.39 is 9.85 Å². The highest BCUT2D eigenvalue weighted by atomic mass is 16.6. The number of benzene rings is 1. The lowest BCUT2D eigenvalue weighted by Crippen LogP contribution is -2.26. The van der Waals surface area contributed by atoms with E-state index in [-0.39, 0.29) is 17.4 Å². The fourth-order valence-electron chi connectivity index (χ4n) is 4.09. The molecule has 0 amide bonds. The van der Waals surface area contributed by atoms with Gasteiger partial charge in [-0.2, -0.15) is 0 Å². The molecule has 0 bridgehead atoms. The van der Waals surface area contributed by atoms with Crippen LogP contribution in [0.3, 0.4) is 0 Å². The molecule has 4 rings (SSSR count). The van der Waals surface area contributed by atoms with Crippen molar-refractivity contribution in [3.05, 3.63) is 50.1 Å². The molecule has 3 heterocycles. The van der Waals surface area contributed by atoms with Crippen molar-refractivity contribution in [2.45, 2.75) is 51.1 Å². The van der Waals surface area contributed by atoms with Crippen LogP contribution in [0.1, 0.15) is 49.8 Å². The van der Waals surface area contributed by atoms with Crippen LogP contribution in [-0.2, 0) is 13.0 Å². The molecule has 0 N–H and O–H groups in total. The van der Waals surface area contributed by atoms with Crippen molar-refractivity contribution < 1.29 is 9.85 Å². The Balaban J connectivity index is 1.73. The van der Waals surface area contributed by atoms with Crippen molar-refractivity contribution in [1.82, 2.24) is 14.8 Å². The molecule has 10 heteroatoms. The maximum Gasteiger partial charge on any atom is 0.299 e. The fourth-order valence-corrected chi connectivity index (χ4v) is 4.09. The molecule has 0 spiro atoms. The second-order valence-electron chi connectivity index (χ2n) is 6.98. The molecule has 0 radical (unpaired) electrons. The highest BCUT2D eigenvalue weighted by Gasteiger charge is 2.35. The molecule has 1 atom stereocenters. The number of anilines is 1. The van der Waals surface area contributed by atoms with Crippen LogP contribution in [0, 0.1) is 20.2 Å². The number of non-ortho nitro benzene ring substituents is 1. The Hall–Kier alpha value is -3.04. The first-order valence-corrected chi connectivity index (χ1v) is 9.17. The molecule has 2 aromatic rings. The molecule has 10 nitrogen and oxygen atoms in total. The molecule has 0 saturated carbocycles. The monoisotopic (exact) mass is 372 g/mol. The average Bonchev–Trinajstić information content (AvgIpc) is 3.21. The van der Waals surface area contributed by atoms with Crippen molar-refractivity contribution >= 4 is 17.1 Å². The summed E-state index contributed by atoms with van der Waals surface area (Å²) in [5, 5.41) is 31.3. The molecular formula is C17H20N6O4. The molecule has 0 aliphatic carbocycles. The van der Waals surface area contributed by atoms with Crippen LogP contribution in [0.5, 0.6) is 0 Å². The molecular weight excluding hydrogens is 352 g/mol. The number of hydrogen-bond acceptors (Lipinski definition) is 7. The van der Waals surface area contributed by atoms with E-state index in [4.69, 9.17) is 0 Å². The Morgan fingerprint density at radius 1 is 1.00 bits per heavy atom. The maximum absolute atomic E-state index is 11.5. The number of aromatic nitrogens is 3. The third-order valence-corrected chi connectivity index (χ3v) is 5.36. The quantitative estimate of drug-likeness (QED) is 0.597. The van der Waals surface area contributed by atoms with Gasteiger partial charge in [0, 0.05) is 25.6 Å². The normalized spacial score (nSPS) is 19.6. The molecule has 1 aromatic carbocycles. The van der Waals surface area contributed by atoms with Crippen LogP contribution in [0.4, 0.5) is 17.1 Å². The van der Waals surface area contributed by atoms with Crippen LogP contribution in [0.15, 0.2) is 18.2 Å². The lowest BCUT2D eigenvalue weighted by Gasteiger charge is -2.26. The summed E-state index contributed by atoms with van der Waals surface area (Å²) in [7, 11) is 0. The minimum atomic E-state index is -0.614. The van der Waals surface area contributed by atoms with Gasteiger partial charge in [0.25, 0.3) is 11.4 Å². The zero-order valence-electron chi connectivity index (χ0n) is 14.8. The smallest absolute Gasteiger partial charge is 0.299 e. The summed E-state index contributed by atoms with van der Waals surface area (Å²) in [4.78, 5) is 23.3. The summed E-state index contributed by atoms with van der Waals surface area (Å²) in [6.45, 7) is 1.51. The van der Waals surface area contributed by atoms with Gasteiger partial charge in [-0.1, -0.05) is 6.42 Å². The number of fused-ring (bicyclic) bond motifs is 1. The number of nitrogens with zero attached hydrogens (tertiary/aromatic N) is 6. The highest BCUT2D eigenvalue weighted by molar-refractivity contribution is 5.67. The number of rotatable bonds is 4. The van der Waals surface area contributed by atoms with Gasteiger partial charge in [0.2, 0.25) is 0 Å². The van der Waals surface area contributed by atoms with E-state index >= 15 is 0 Å². The highest BCUT2D eigenvalue weighted by Crippen LogP contribution is 2.41. The summed E-state index contributed by atoms with van der Waals surface area (Å²) in [5.41, 5.74) is -0.122. The summed E-state index contributed by atoms with van der Waals surface area (Å²) in [6, 6.07) is 3.73. The van der Waals surface area contributed by atoms with Gasteiger partial charge in [0.1, 0.15) is 11.5 Å². The largest absolute Gasteiger partial charge is 0.356 e. The van der Waals surface area contributed by atoms with Gasteiger partial charge in [-0.25, -0.2) is 0 Å². The van der Waals surface area contributed by atoms with Crippen LogP contribution >= 0.6 is 0 Å². The van der Waals surface area contributed by atoms with Crippen LogP contribution in [0.2, 0.25) is 0 Å². The Kier molecular flexibility index (Phi) is 4.46. The van der Waals surface area contributed by atoms with Crippen molar-refractivity contribution in [3.8, 4) is 0 Å². The Morgan fingerprint density at radius 3 is 2.63 bits per heavy atom. The van der Waals surface area contributed by atoms with E-state index in [2.05, 4.69) is 14.8 Å². The van der Waals surface area contributed by atoms with E-state index in [9.17, 15) is 20.2 Å². The standard InChI is InChI=1S/C17H20N6O4/c24-22(25)12-7-8-13(15(11-12)23(26)27)20-10-4-5-14(20)17-19-18-16-6-2-1-3-9-21(16)17/h7-8,11,14H,1-6,9-10H2.